The van der Waals surface area contributed by atoms with Crippen LogP contribution in [0.5, 0.6) is 5.75 Å². The molecular formula is C30H30ClN3O2. The van der Waals surface area contributed by atoms with Gasteiger partial charge in [-0.05, 0) is 59.2 Å². The van der Waals surface area contributed by atoms with Crippen LogP contribution in [0.1, 0.15) is 22.3 Å². The molecule has 4 aromatic rings. The fourth-order valence-electron chi connectivity index (χ4n) is 4.41. The molecule has 0 radical (unpaired) electrons. The van der Waals surface area contributed by atoms with E-state index in [9.17, 15) is 0 Å². The third-order valence-electron chi connectivity index (χ3n) is 6.15. The Balaban J connectivity index is 1.38. The van der Waals surface area contributed by atoms with Crippen LogP contribution in [0.15, 0.2) is 91.1 Å². The van der Waals surface area contributed by atoms with E-state index < -0.39 is 0 Å². The molecule has 0 fully saturated rings. The molecule has 2 bridgehead atoms. The van der Waals surface area contributed by atoms with Crippen LogP contribution in [-0.4, -0.2) is 36.2 Å². The van der Waals surface area contributed by atoms with Gasteiger partial charge in [0.25, 0.3) is 0 Å². The average Bonchev–Trinajstić information content (AvgIpc) is 2.89. The fraction of sp³-hybridized carbons (Fsp3) is 0.233. The topological polar surface area (TPSA) is 46.6 Å². The highest BCUT2D eigenvalue weighted by Gasteiger charge is 2.12. The number of fused-ring (bicyclic) bond motifs is 3. The van der Waals surface area contributed by atoms with Gasteiger partial charge in [0.15, 0.2) is 0 Å². The number of anilines is 2. The molecule has 36 heavy (non-hydrogen) atoms. The number of hydrogen-bond acceptors (Lipinski definition) is 5. The first-order valence-electron chi connectivity index (χ1n) is 12.3. The Labute approximate surface area is 217 Å². The minimum atomic E-state index is 0.511. The maximum Gasteiger partial charge on any atom is 0.130 e. The van der Waals surface area contributed by atoms with Crippen LogP contribution in [0, 0.1) is 0 Å². The van der Waals surface area contributed by atoms with Gasteiger partial charge >= 0.3 is 0 Å². The second-order valence-corrected chi connectivity index (χ2v) is 9.39. The predicted molar refractivity (Wildman–Crippen MR) is 145 cm³/mol. The van der Waals surface area contributed by atoms with E-state index in [1.165, 1.54) is 16.7 Å². The highest BCUT2D eigenvalue weighted by Crippen LogP contribution is 2.28. The van der Waals surface area contributed by atoms with E-state index >= 15 is 0 Å². The molecule has 5 nitrogen and oxygen atoms in total. The first-order valence-corrected chi connectivity index (χ1v) is 12.7. The van der Waals surface area contributed by atoms with Crippen molar-refractivity contribution in [2.75, 3.05) is 31.7 Å². The van der Waals surface area contributed by atoms with Gasteiger partial charge in [-0.25, -0.2) is 4.98 Å². The lowest BCUT2D eigenvalue weighted by Crippen LogP contribution is -2.27. The van der Waals surface area contributed by atoms with Crippen molar-refractivity contribution in [2.24, 2.45) is 0 Å². The zero-order chi connectivity index (χ0) is 24.6. The van der Waals surface area contributed by atoms with Gasteiger partial charge in [0.2, 0.25) is 0 Å². The molecule has 1 aromatic heterocycles. The van der Waals surface area contributed by atoms with Crippen molar-refractivity contribution in [3.63, 3.8) is 0 Å². The zero-order valence-electron chi connectivity index (χ0n) is 20.2. The second kappa shape index (κ2) is 12.0. The van der Waals surface area contributed by atoms with Crippen molar-refractivity contribution < 1.29 is 9.47 Å². The Morgan fingerprint density at radius 3 is 2.61 bits per heavy atom. The van der Waals surface area contributed by atoms with E-state index in [-0.39, 0.29) is 0 Å². The molecule has 0 saturated carbocycles. The summed E-state index contributed by atoms with van der Waals surface area (Å²) >= 11 is 6.08. The fourth-order valence-corrected chi connectivity index (χ4v) is 4.53. The summed E-state index contributed by atoms with van der Waals surface area (Å²) in [5.74, 6) is 1.70. The van der Waals surface area contributed by atoms with Crippen molar-refractivity contribution in [2.45, 2.75) is 19.5 Å². The third kappa shape index (κ3) is 6.85. The third-order valence-corrected chi connectivity index (χ3v) is 6.40. The first-order chi connectivity index (χ1) is 17.7. The molecule has 3 aromatic carbocycles. The van der Waals surface area contributed by atoms with Gasteiger partial charge in [-0.2, -0.15) is 0 Å². The Kier molecular flexibility index (Phi) is 8.13. The SMILES string of the molecule is Clc1ccc(CN2CCOCCOc3ccc(Nc4ccccn4)cc3Cc3cccc(c3)C2)cc1. The van der Waals surface area contributed by atoms with Crippen molar-refractivity contribution >= 4 is 23.1 Å². The number of hydrogen-bond donors (Lipinski definition) is 1. The molecular weight excluding hydrogens is 470 g/mol. The molecule has 2 heterocycles. The second-order valence-electron chi connectivity index (χ2n) is 8.96. The van der Waals surface area contributed by atoms with Gasteiger partial charge in [0.1, 0.15) is 18.2 Å². The van der Waals surface area contributed by atoms with Crippen LogP contribution in [0.4, 0.5) is 11.5 Å². The Hall–Kier alpha value is -3.38. The minimum Gasteiger partial charge on any atom is -0.491 e. The van der Waals surface area contributed by atoms with Crippen LogP contribution in [-0.2, 0) is 24.2 Å². The molecule has 1 N–H and O–H groups in total. The summed E-state index contributed by atoms with van der Waals surface area (Å²) in [6, 6.07) is 28.9. The molecule has 0 saturated heterocycles. The van der Waals surface area contributed by atoms with Gasteiger partial charge in [-0.3, -0.25) is 4.90 Å². The highest BCUT2D eigenvalue weighted by atomic mass is 35.5. The molecule has 0 aliphatic carbocycles. The molecule has 184 valence electrons. The summed E-state index contributed by atoms with van der Waals surface area (Å²) in [4.78, 5) is 6.79. The molecule has 0 amide bonds. The molecule has 0 spiro atoms. The van der Waals surface area contributed by atoms with E-state index in [1.807, 2.05) is 42.5 Å². The average molecular weight is 500 g/mol. The zero-order valence-corrected chi connectivity index (χ0v) is 21.0. The quantitative estimate of drug-likeness (QED) is 0.348. The van der Waals surface area contributed by atoms with Crippen LogP contribution in [0.2, 0.25) is 5.02 Å². The van der Waals surface area contributed by atoms with E-state index in [0.29, 0.717) is 19.8 Å². The number of pyridine rings is 1. The van der Waals surface area contributed by atoms with E-state index in [0.717, 1.165) is 53.9 Å². The van der Waals surface area contributed by atoms with Crippen LogP contribution in [0.3, 0.4) is 0 Å². The summed E-state index contributed by atoms with van der Waals surface area (Å²) in [6.45, 7) is 4.24. The summed E-state index contributed by atoms with van der Waals surface area (Å²) in [6.07, 6.45) is 2.56. The first kappa shape index (κ1) is 24.3. The Morgan fingerprint density at radius 1 is 0.861 bits per heavy atom. The number of ether oxygens (including phenoxy) is 2. The number of benzene rings is 3. The van der Waals surface area contributed by atoms with Crippen molar-refractivity contribution in [3.8, 4) is 5.75 Å². The smallest absolute Gasteiger partial charge is 0.130 e. The number of aromatic nitrogens is 1. The lowest BCUT2D eigenvalue weighted by Gasteiger charge is -2.23. The van der Waals surface area contributed by atoms with Crippen molar-refractivity contribution in [1.29, 1.82) is 0 Å². The molecule has 1 aliphatic rings. The van der Waals surface area contributed by atoms with Crippen LogP contribution >= 0.6 is 11.6 Å². The normalized spacial score (nSPS) is 14.8. The summed E-state index contributed by atoms with van der Waals surface area (Å²) in [5.41, 5.74) is 5.89. The van der Waals surface area contributed by atoms with E-state index in [2.05, 4.69) is 57.7 Å². The maximum atomic E-state index is 6.15. The van der Waals surface area contributed by atoms with Gasteiger partial charge in [0, 0.05) is 48.5 Å². The van der Waals surface area contributed by atoms with Gasteiger partial charge in [-0.15, -0.1) is 0 Å². The number of nitrogens with zero attached hydrogens (tertiary/aromatic N) is 2. The summed E-state index contributed by atoms with van der Waals surface area (Å²) in [7, 11) is 0. The Bertz CT molecular complexity index is 1260. The number of nitrogens with one attached hydrogen (secondary N) is 1. The van der Waals surface area contributed by atoms with Crippen LogP contribution < -0.4 is 10.1 Å². The summed E-state index contributed by atoms with van der Waals surface area (Å²) < 4.78 is 12.1. The minimum absolute atomic E-state index is 0.511. The van der Waals surface area contributed by atoms with E-state index in [1.54, 1.807) is 6.20 Å². The molecule has 6 heteroatoms. The molecule has 1 aliphatic heterocycles. The predicted octanol–water partition coefficient (Wildman–Crippen LogP) is 6.48. The molecule has 0 unspecified atom stereocenters. The van der Waals surface area contributed by atoms with E-state index in [4.69, 9.17) is 21.1 Å². The Morgan fingerprint density at radius 2 is 1.75 bits per heavy atom. The van der Waals surface area contributed by atoms with Gasteiger partial charge < -0.3 is 14.8 Å². The maximum absolute atomic E-state index is 6.15. The van der Waals surface area contributed by atoms with Crippen LogP contribution in [0.25, 0.3) is 0 Å². The highest BCUT2D eigenvalue weighted by molar-refractivity contribution is 6.30. The monoisotopic (exact) mass is 499 g/mol. The van der Waals surface area contributed by atoms with Crippen molar-refractivity contribution in [1.82, 2.24) is 9.88 Å². The summed E-state index contributed by atoms with van der Waals surface area (Å²) in [5, 5.41) is 4.15. The largest absolute Gasteiger partial charge is 0.491 e. The lowest BCUT2D eigenvalue weighted by atomic mass is 10.0. The molecule has 0 atom stereocenters. The number of rotatable bonds is 4. The standard InChI is InChI=1S/C30H30ClN3O2/c31-27-9-7-23(8-10-27)21-34-14-15-35-16-17-36-29-12-11-28(33-30-6-1-2-13-32-30)20-26(29)19-24-4-3-5-25(18-24)22-34/h1-13,18,20H,14-17,19,21-22H2,(H,32,33). The number of halogens is 1. The molecule has 5 rings (SSSR count). The van der Waals surface area contributed by atoms with Gasteiger partial charge in [-0.1, -0.05) is 54.1 Å². The lowest BCUT2D eigenvalue weighted by molar-refractivity contribution is 0.0757. The van der Waals surface area contributed by atoms with Gasteiger partial charge in [0.05, 0.1) is 13.2 Å². The van der Waals surface area contributed by atoms with Crippen molar-refractivity contribution in [3.05, 3.63) is 118 Å².